The van der Waals surface area contributed by atoms with Crippen molar-refractivity contribution in [1.82, 2.24) is 9.88 Å². The third kappa shape index (κ3) is 2.60. The van der Waals surface area contributed by atoms with Gasteiger partial charge in [-0.25, -0.2) is 8.42 Å². The average Bonchev–Trinajstić information content (AvgIpc) is 2.69. The van der Waals surface area contributed by atoms with E-state index < -0.39 is 14.6 Å². The van der Waals surface area contributed by atoms with Gasteiger partial charge in [0.05, 0.1) is 18.1 Å². The second-order valence-electron chi connectivity index (χ2n) is 5.99. The fourth-order valence-electron chi connectivity index (χ4n) is 3.51. The normalized spacial score (nSPS) is 26.8. The zero-order chi connectivity index (χ0) is 14.9. The summed E-state index contributed by atoms with van der Waals surface area (Å²) in [5.41, 5.74) is 0.990. The number of ether oxygens (including phenoxy) is 1. The highest BCUT2D eigenvalue weighted by Crippen LogP contribution is 2.45. The van der Waals surface area contributed by atoms with Crippen molar-refractivity contribution in [3.63, 3.8) is 0 Å². The molecule has 1 atom stereocenters. The molecule has 1 aromatic rings. The van der Waals surface area contributed by atoms with Gasteiger partial charge in [0, 0.05) is 38.4 Å². The molecule has 3 heterocycles. The number of nitrogens with zero attached hydrogens (tertiary/aromatic N) is 2. The topological polar surface area (TPSA) is 59.5 Å². The third-order valence-electron chi connectivity index (χ3n) is 4.72. The molecule has 116 valence electrons. The van der Waals surface area contributed by atoms with Crippen molar-refractivity contribution in [3.05, 3.63) is 30.1 Å². The highest BCUT2D eigenvalue weighted by atomic mass is 32.2. The van der Waals surface area contributed by atoms with Crippen LogP contribution in [0, 0.1) is 5.92 Å². The average molecular weight is 310 g/mol. The molecule has 6 heteroatoms. The second-order valence-corrected chi connectivity index (χ2v) is 8.45. The number of aromatic nitrogens is 1. The first-order valence-corrected chi connectivity index (χ1v) is 9.15. The van der Waals surface area contributed by atoms with Crippen molar-refractivity contribution >= 4 is 9.84 Å². The van der Waals surface area contributed by atoms with E-state index in [-0.39, 0.29) is 5.92 Å². The summed E-state index contributed by atoms with van der Waals surface area (Å²) < 4.78 is 29.8. The second kappa shape index (κ2) is 5.66. The van der Waals surface area contributed by atoms with E-state index in [4.69, 9.17) is 4.74 Å². The molecule has 0 bridgehead atoms. The highest BCUT2D eigenvalue weighted by Gasteiger charge is 2.61. The van der Waals surface area contributed by atoms with Crippen LogP contribution in [0.2, 0.25) is 0 Å². The first kappa shape index (κ1) is 14.9. The molecule has 21 heavy (non-hydrogen) atoms. The van der Waals surface area contributed by atoms with Gasteiger partial charge in [0.25, 0.3) is 0 Å². The molecule has 0 saturated carbocycles. The van der Waals surface area contributed by atoms with E-state index >= 15 is 0 Å². The smallest absolute Gasteiger partial charge is 0.158 e. The van der Waals surface area contributed by atoms with Gasteiger partial charge in [-0.2, -0.15) is 0 Å². The summed E-state index contributed by atoms with van der Waals surface area (Å²) in [6.07, 6.45) is 2.51. The van der Waals surface area contributed by atoms with E-state index in [1.807, 2.05) is 25.1 Å². The van der Waals surface area contributed by atoms with Gasteiger partial charge in [0.2, 0.25) is 0 Å². The summed E-state index contributed by atoms with van der Waals surface area (Å²) in [4.78, 5) is 6.48. The zero-order valence-corrected chi connectivity index (χ0v) is 13.2. The molecule has 3 rings (SSSR count). The molecule has 2 aliphatic rings. The Morgan fingerprint density at radius 1 is 1.43 bits per heavy atom. The molecule has 5 nitrogen and oxygen atoms in total. The van der Waals surface area contributed by atoms with Gasteiger partial charge in [-0.15, -0.1) is 0 Å². The van der Waals surface area contributed by atoms with Crippen LogP contribution in [0.1, 0.15) is 19.0 Å². The molecule has 2 saturated heterocycles. The maximum atomic E-state index is 12.4. The zero-order valence-electron chi connectivity index (χ0n) is 12.4. The van der Waals surface area contributed by atoms with Crippen LogP contribution in [0.3, 0.4) is 0 Å². The van der Waals surface area contributed by atoms with Crippen molar-refractivity contribution < 1.29 is 13.2 Å². The standard InChI is InChI=1S/C15H22N2O3S/c1-2-20-10-13-6-8-21(18,19)15(13)11-17(12-15)9-14-5-3-4-7-16-14/h3-5,7,13H,2,6,8-12H2,1H3/t13-/m0/s1. The molecule has 1 aromatic heterocycles. The van der Waals surface area contributed by atoms with Gasteiger partial charge < -0.3 is 4.74 Å². The molecule has 0 unspecified atom stereocenters. The summed E-state index contributed by atoms with van der Waals surface area (Å²) in [5.74, 6) is 0.449. The van der Waals surface area contributed by atoms with E-state index in [2.05, 4.69) is 9.88 Å². The predicted octanol–water partition coefficient (Wildman–Crippen LogP) is 1.11. The minimum absolute atomic E-state index is 0.141. The first-order valence-electron chi connectivity index (χ1n) is 7.50. The van der Waals surface area contributed by atoms with Crippen LogP contribution in [0.25, 0.3) is 0 Å². The Hall–Kier alpha value is -0.980. The number of rotatable bonds is 5. The van der Waals surface area contributed by atoms with E-state index in [1.54, 1.807) is 6.20 Å². The van der Waals surface area contributed by atoms with Crippen LogP contribution in [-0.2, 0) is 21.1 Å². The van der Waals surface area contributed by atoms with E-state index in [0.29, 0.717) is 32.1 Å². The molecule has 2 aliphatic heterocycles. The molecule has 1 spiro atoms. The van der Waals surface area contributed by atoms with E-state index in [1.165, 1.54) is 0 Å². The Bertz CT molecular complexity index is 582. The number of likely N-dealkylation sites (tertiary alicyclic amines) is 1. The SMILES string of the molecule is CCOC[C@@H]1CCS(=O)(=O)C12CN(Cc1ccccn1)C2. The molecule has 2 fully saturated rings. The van der Waals surface area contributed by atoms with Crippen LogP contribution >= 0.6 is 0 Å². The van der Waals surface area contributed by atoms with Gasteiger partial charge in [0.1, 0.15) is 4.75 Å². The van der Waals surface area contributed by atoms with E-state index in [0.717, 1.165) is 18.7 Å². The molecule has 0 N–H and O–H groups in total. The maximum Gasteiger partial charge on any atom is 0.158 e. The fourth-order valence-corrected chi connectivity index (χ4v) is 5.96. The van der Waals surface area contributed by atoms with Crippen molar-refractivity contribution in [2.75, 3.05) is 32.1 Å². The van der Waals surface area contributed by atoms with Crippen LogP contribution in [0.15, 0.2) is 24.4 Å². The third-order valence-corrected chi connectivity index (χ3v) is 7.32. The Balaban J connectivity index is 1.67. The summed E-state index contributed by atoms with van der Waals surface area (Å²) in [7, 11) is -3.00. The lowest BCUT2D eigenvalue weighted by atomic mass is 9.83. The summed E-state index contributed by atoms with van der Waals surface area (Å²) in [6, 6.07) is 5.83. The van der Waals surface area contributed by atoms with E-state index in [9.17, 15) is 8.42 Å². The van der Waals surface area contributed by atoms with Gasteiger partial charge in [-0.05, 0) is 25.5 Å². The Labute approximate surface area is 126 Å². The molecular weight excluding hydrogens is 288 g/mol. The Morgan fingerprint density at radius 3 is 2.90 bits per heavy atom. The number of hydrogen-bond donors (Lipinski definition) is 0. The molecule has 0 aromatic carbocycles. The predicted molar refractivity (Wildman–Crippen MR) is 80.6 cm³/mol. The van der Waals surface area contributed by atoms with Crippen LogP contribution in [-0.4, -0.2) is 55.1 Å². The van der Waals surface area contributed by atoms with Gasteiger partial charge in [-0.3, -0.25) is 9.88 Å². The minimum atomic E-state index is -3.00. The quantitative estimate of drug-likeness (QED) is 0.815. The minimum Gasteiger partial charge on any atom is -0.381 e. The Kier molecular flexibility index (Phi) is 4.03. The molecule has 0 radical (unpaired) electrons. The highest BCUT2D eigenvalue weighted by molar-refractivity contribution is 7.93. The van der Waals surface area contributed by atoms with Crippen molar-refractivity contribution in [2.45, 2.75) is 24.6 Å². The van der Waals surface area contributed by atoms with Gasteiger partial charge in [0.15, 0.2) is 9.84 Å². The van der Waals surface area contributed by atoms with Crippen LogP contribution in [0.4, 0.5) is 0 Å². The first-order chi connectivity index (χ1) is 10.1. The lowest BCUT2D eigenvalue weighted by molar-refractivity contribution is 0.0286. The molecule has 0 aliphatic carbocycles. The van der Waals surface area contributed by atoms with Gasteiger partial charge >= 0.3 is 0 Å². The molecule has 0 amide bonds. The summed E-state index contributed by atoms with van der Waals surface area (Å²) >= 11 is 0. The largest absolute Gasteiger partial charge is 0.381 e. The lowest BCUT2D eigenvalue weighted by Crippen LogP contribution is -2.67. The number of pyridine rings is 1. The number of hydrogen-bond acceptors (Lipinski definition) is 5. The molecular formula is C15H22N2O3S. The Morgan fingerprint density at radius 2 is 2.24 bits per heavy atom. The summed E-state index contributed by atoms with van der Waals surface area (Å²) in [5, 5.41) is 0. The number of sulfone groups is 1. The van der Waals surface area contributed by atoms with Crippen LogP contribution < -0.4 is 0 Å². The van der Waals surface area contributed by atoms with Gasteiger partial charge in [-0.1, -0.05) is 6.07 Å². The summed E-state index contributed by atoms with van der Waals surface area (Å²) in [6.45, 7) is 5.11. The maximum absolute atomic E-state index is 12.4. The van der Waals surface area contributed by atoms with Crippen molar-refractivity contribution in [2.24, 2.45) is 5.92 Å². The lowest BCUT2D eigenvalue weighted by Gasteiger charge is -2.49. The monoisotopic (exact) mass is 310 g/mol. The fraction of sp³-hybridized carbons (Fsp3) is 0.667. The van der Waals surface area contributed by atoms with Crippen molar-refractivity contribution in [1.29, 1.82) is 0 Å². The van der Waals surface area contributed by atoms with Crippen molar-refractivity contribution in [3.8, 4) is 0 Å². The van der Waals surface area contributed by atoms with Crippen LogP contribution in [0.5, 0.6) is 0 Å².